The molecule has 26 heavy (non-hydrogen) atoms. The lowest BCUT2D eigenvalue weighted by atomic mass is 10.1. The summed E-state index contributed by atoms with van der Waals surface area (Å²) >= 11 is 1.39. The highest BCUT2D eigenvalue weighted by atomic mass is 32.1. The fourth-order valence-corrected chi connectivity index (χ4v) is 3.35. The van der Waals surface area contributed by atoms with E-state index in [0.29, 0.717) is 28.3 Å². The van der Waals surface area contributed by atoms with Gasteiger partial charge in [-0.15, -0.1) is 11.3 Å². The number of aromatic nitrogens is 3. The summed E-state index contributed by atoms with van der Waals surface area (Å²) in [6, 6.07) is 7.02. The molecule has 0 unspecified atom stereocenters. The van der Waals surface area contributed by atoms with Gasteiger partial charge in [0.15, 0.2) is 4.80 Å². The molecular weight excluding hydrogens is 354 g/mol. The molecule has 3 aromatic rings. The Balaban J connectivity index is 1.81. The Morgan fingerprint density at radius 2 is 2.00 bits per heavy atom. The maximum atomic E-state index is 12.2. The first kappa shape index (κ1) is 17.7. The zero-order valence-electron chi connectivity index (χ0n) is 14.5. The zero-order valence-corrected chi connectivity index (χ0v) is 15.4. The molecule has 0 aliphatic carbocycles. The standard InChI is InChI=1S/C17H17N5O3S/c1-11-15(22(24)25)12(2)21(19-11)10-13-4-6-14(7-5-13)16(23)18-17-20(3)8-9-26-17/h4-9H,10H2,1-3H3. The Labute approximate surface area is 153 Å². The lowest BCUT2D eigenvalue weighted by Crippen LogP contribution is -2.12. The second-order valence-electron chi connectivity index (χ2n) is 5.84. The Morgan fingerprint density at radius 3 is 2.54 bits per heavy atom. The lowest BCUT2D eigenvalue weighted by Gasteiger charge is -2.04. The summed E-state index contributed by atoms with van der Waals surface area (Å²) in [5, 5.41) is 17.2. The molecule has 2 heterocycles. The topological polar surface area (TPSA) is 95.3 Å². The number of hydrogen-bond acceptors (Lipinski definition) is 5. The maximum absolute atomic E-state index is 12.2. The van der Waals surface area contributed by atoms with E-state index in [4.69, 9.17) is 0 Å². The van der Waals surface area contributed by atoms with Gasteiger partial charge in [0.05, 0.1) is 11.5 Å². The van der Waals surface area contributed by atoms with Crippen molar-refractivity contribution >= 4 is 22.9 Å². The second kappa shape index (κ2) is 7.04. The van der Waals surface area contributed by atoms with E-state index in [-0.39, 0.29) is 11.6 Å². The van der Waals surface area contributed by atoms with Gasteiger partial charge in [0.25, 0.3) is 5.91 Å². The Morgan fingerprint density at radius 1 is 1.31 bits per heavy atom. The third-order valence-corrected chi connectivity index (χ3v) is 4.86. The van der Waals surface area contributed by atoms with Gasteiger partial charge >= 0.3 is 5.69 Å². The average Bonchev–Trinajstić information content (AvgIpc) is 3.11. The number of amides is 1. The van der Waals surface area contributed by atoms with Crippen LogP contribution in [0.3, 0.4) is 0 Å². The van der Waals surface area contributed by atoms with Crippen LogP contribution in [0.2, 0.25) is 0 Å². The quantitative estimate of drug-likeness (QED) is 0.520. The van der Waals surface area contributed by atoms with Gasteiger partial charge < -0.3 is 4.57 Å². The predicted molar refractivity (Wildman–Crippen MR) is 97.1 cm³/mol. The fraction of sp³-hybridized carbons (Fsp3) is 0.235. The minimum Gasteiger partial charge on any atom is -0.327 e. The molecule has 0 aliphatic rings. The van der Waals surface area contributed by atoms with E-state index < -0.39 is 4.92 Å². The third-order valence-electron chi connectivity index (χ3n) is 4.02. The highest BCUT2D eigenvalue weighted by Gasteiger charge is 2.21. The van der Waals surface area contributed by atoms with Crippen molar-refractivity contribution in [3.63, 3.8) is 0 Å². The van der Waals surface area contributed by atoms with Crippen LogP contribution in [0.5, 0.6) is 0 Å². The van der Waals surface area contributed by atoms with Crippen molar-refractivity contribution in [2.45, 2.75) is 20.4 Å². The van der Waals surface area contributed by atoms with Crippen LogP contribution in [-0.4, -0.2) is 25.2 Å². The van der Waals surface area contributed by atoms with Crippen LogP contribution >= 0.6 is 11.3 Å². The van der Waals surface area contributed by atoms with Crippen LogP contribution in [0.1, 0.15) is 27.3 Å². The largest absolute Gasteiger partial charge is 0.327 e. The lowest BCUT2D eigenvalue weighted by molar-refractivity contribution is -0.386. The molecule has 3 rings (SSSR count). The van der Waals surface area contributed by atoms with E-state index >= 15 is 0 Å². The number of carbonyl (C=O) groups is 1. The molecule has 0 spiro atoms. The first-order valence-electron chi connectivity index (χ1n) is 7.83. The summed E-state index contributed by atoms with van der Waals surface area (Å²) in [5.41, 5.74) is 2.32. The van der Waals surface area contributed by atoms with Crippen molar-refractivity contribution in [2.75, 3.05) is 0 Å². The van der Waals surface area contributed by atoms with E-state index in [0.717, 1.165) is 5.56 Å². The Bertz CT molecular complexity index is 1040. The number of nitrogens with zero attached hydrogens (tertiary/aromatic N) is 5. The van der Waals surface area contributed by atoms with E-state index in [2.05, 4.69) is 10.1 Å². The van der Waals surface area contributed by atoms with Crippen LogP contribution < -0.4 is 4.80 Å². The van der Waals surface area contributed by atoms with Gasteiger partial charge in [0.2, 0.25) is 0 Å². The molecule has 9 heteroatoms. The monoisotopic (exact) mass is 371 g/mol. The molecule has 0 bridgehead atoms. The number of thiazole rings is 1. The summed E-state index contributed by atoms with van der Waals surface area (Å²) in [4.78, 5) is 27.7. The van der Waals surface area contributed by atoms with Gasteiger partial charge in [0.1, 0.15) is 11.4 Å². The molecular formula is C17H17N5O3S. The highest BCUT2D eigenvalue weighted by Crippen LogP contribution is 2.22. The molecule has 0 N–H and O–H groups in total. The summed E-state index contributed by atoms with van der Waals surface area (Å²) in [5.74, 6) is -0.309. The van der Waals surface area contributed by atoms with Gasteiger partial charge in [-0.05, 0) is 31.5 Å². The summed E-state index contributed by atoms with van der Waals surface area (Å²) in [6.07, 6.45) is 1.84. The number of hydrogen-bond donors (Lipinski definition) is 0. The normalized spacial score (nSPS) is 11.7. The predicted octanol–water partition coefficient (Wildman–Crippen LogP) is 2.60. The first-order valence-corrected chi connectivity index (χ1v) is 8.71. The van der Waals surface area contributed by atoms with E-state index in [1.807, 2.05) is 18.6 Å². The van der Waals surface area contributed by atoms with Crippen LogP contribution in [0.25, 0.3) is 0 Å². The summed E-state index contributed by atoms with van der Waals surface area (Å²) in [7, 11) is 1.83. The Kier molecular flexibility index (Phi) is 4.81. The number of carbonyl (C=O) groups excluding carboxylic acids is 1. The van der Waals surface area contributed by atoms with Gasteiger partial charge in [-0.25, -0.2) is 0 Å². The molecule has 1 amide bonds. The van der Waals surface area contributed by atoms with Crippen LogP contribution in [-0.2, 0) is 13.6 Å². The van der Waals surface area contributed by atoms with Crippen molar-refractivity contribution in [3.8, 4) is 0 Å². The minimum atomic E-state index is -0.415. The van der Waals surface area contributed by atoms with E-state index in [1.54, 1.807) is 47.4 Å². The fourth-order valence-electron chi connectivity index (χ4n) is 2.62. The van der Waals surface area contributed by atoms with Crippen molar-refractivity contribution in [1.82, 2.24) is 14.3 Å². The summed E-state index contributed by atoms with van der Waals surface area (Å²) < 4.78 is 3.38. The van der Waals surface area contributed by atoms with Gasteiger partial charge in [-0.2, -0.15) is 10.1 Å². The third kappa shape index (κ3) is 3.47. The van der Waals surface area contributed by atoms with Gasteiger partial charge in [0, 0.05) is 24.2 Å². The van der Waals surface area contributed by atoms with Gasteiger partial charge in [-0.3, -0.25) is 19.6 Å². The molecule has 0 saturated heterocycles. The molecule has 2 aromatic heterocycles. The average molecular weight is 371 g/mol. The maximum Gasteiger partial charge on any atom is 0.312 e. The van der Waals surface area contributed by atoms with Crippen LogP contribution in [0.15, 0.2) is 40.8 Å². The van der Waals surface area contributed by atoms with Crippen LogP contribution in [0, 0.1) is 24.0 Å². The molecule has 0 atom stereocenters. The zero-order chi connectivity index (χ0) is 18.8. The van der Waals surface area contributed by atoms with Crippen molar-refractivity contribution in [3.05, 3.63) is 73.3 Å². The van der Waals surface area contributed by atoms with E-state index in [1.165, 1.54) is 11.3 Å². The highest BCUT2D eigenvalue weighted by molar-refractivity contribution is 7.07. The molecule has 8 nitrogen and oxygen atoms in total. The van der Waals surface area contributed by atoms with Crippen molar-refractivity contribution < 1.29 is 9.72 Å². The summed E-state index contributed by atoms with van der Waals surface area (Å²) in [6.45, 7) is 3.69. The van der Waals surface area contributed by atoms with E-state index in [9.17, 15) is 14.9 Å². The number of rotatable bonds is 4. The first-order chi connectivity index (χ1) is 12.4. The number of nitro groups is 1. The molecule has 0 aliphatic heterocycles. The Hall–Kier alpha value is -3.07. The van der Waals surface area contributed by atoms with Crippen LogP contribution in [0.4, 0.5) is 5.69 Å². The smallest absolute Gasteiger partial charge is 0.312 e. The molecule has 0 fully saturated rings. The van der Waals surface area contributed by atoms with Crippen molar-refractivity contribution in [1.29, 1.82) is 0 Å². The molecule has 134 valence electrons. The number of aryl methyl sites for hydroxylation is 2. The molecule has 1 aromatic carbocycles. The van der Waals surface area contributed by atoms with Gasteiger partial charge in [-0.1, -0.05) is 12.1 Å². The molecule has 0 saturated carbocycles. The number of benzene rings is 1. The molecule has 0 radical (unpaired) electrons. The minimum absolute atomic E-state index is 0.0411. The SMILES string of the molecule is Cc1nn(Cc2ccc(C(=O)N=c3sccn3C)cc2)c(C)c1[N+](=O)[O-]. The van der Waals surface area contributed by atoms with Crippen molar-refractivity contribution in [2.24, 2.45) is 12.0 Å². The second-order valence-corrected chi connectivity index (χ2v) is 6.72.